The molecule has 1 aliphatic rings. The normalized spacial score (nSPS) is 15.1. The number of carbonyl (C=O) groups excluding carboxylic acids is 1. The third kappa shape index (κ3) is 2.05. The zero-order valence-corrected chi connectivity index (χ0v) is 10.7. The van der Waals surface area contributed by atoms with Gasteiger partial charge in [-0.15, -0.1) is 0 Å². The number of rotatable bonds is 2. The van der Waals surface area contributed by atoms with Crippen LogP contribution in [0.1, 0.15) is 15.9 Å². The largest absolute Gasteiger partial charge is 0.496 e. The van der Waals surface area contributed by atoms with Crippen LogP contribution in [0.5, 0.6) is 11.5 Å². The van der Waals surface area contributed by atoms with Crippen LogP contribution in [0.4, 0.5) is 4.39 Å². The quantitative estimate of drug-likeness (QED) is 0.784. The van der Waals surface area contributed by atoms with Crippen molar-refractivity contribution in [3.63, 3.8) is 0 Å². The van der Waals surface area contributed by atoms with E-state index >= 15 is 0 Å². The van der Waals surface area contributed by atoms with Crippen molar-refractivity contribution < 1.29 is 18.7 Å². The van der Waals surface area contributed by atoms with E-state index in [0.717, 1.165) is 0 Å². The minimum Gasteiger partial charge on any atom is -0.496 e. The molecular weight excluding hydrogens is 259 g/mol. The van der Waals surface area contributed by atoms with E-state index < -0.39 is 0 Å². The second-order valence-corrected chi connectivity index (χ2v) is 4.33. The number of carbonyl (C=O) groups is 1. The number of methoxy groups -OCH3 is 1. The monoisotopic (exact) mass is 270 g/mol. The van der Waals surface area contributed by atoms with Crippen molar-refractivity contribution in [2.24, 2.45) is 0 Å². The number of benzene rings is 2. The summed E-state index contributed by atoms with van der Waals surface area (Å²) < 4.78 is 23.8. The summed E-state index contributed by atoms with van der Waals surface area (Å²) in [6.45, 7) is 0. The van der Waals surface area contributed by atoms with Crippen LogP contribution in [-0.2, 0) is 0 Å². The molecular formula is C16H11FO3. The first-order valence-corrected chi connectivity index (χ1v) is 6.06. The fourth-order valence-electron chi connectivity index (χ4n) is 2.12. The van der Waals surface area contributed by atoms with Crippen LogP contribution in [0, 0.1) is 5.82 Å². The third-order valence-corrected chi connectivity index (χ3v) is 3.03. The van der Waals surface area contributed by atoms with Gasteiger partial charge in [-0.05, 0) is 35.9 Å². The molecule has 2 aromatic carbocycles. The molecule has 0 N–H and O–H groups in total. The third-order valence-electron chi connectivity index (χ3n) is 3.03. The van der Waals surface area contributed by atoms with Crippen molar-refractivity contribution in [3.05, 3.63) is 65.2 Å². The lowest BCUT2D eigenvalue weighted by Gasteiger charge is -2.02. The Labute approximate surface area is 115 Å². The summed E-state index contributed by atoms with van der Waals surface area (Å²) in [5.74, 6) is 0.462. The molecule has 4 heteroatoms. The van der Waals surface area contributed by atoms with Crippen LogP contribution in [0.2, 0.25) is 0 Å². The Kier molecular flexibility index (Phi) is 2.99. The van der Waals surface area contributed by atoms with Crippen LogP contribution in [-0.4, -0.2) is 12.9 Å². The first-order chi connectivity index (χ1) is 9.69. The summed E-state index contributed by atoms with van der Waals surface area (Å²) in [5, 5.41) is 0. The van der Waals surface area contributed by atoms with Crippen LogP contribution in [0.3, 0.4) is 0 Å². The molecule has 0 aliphatic carbocycles. The van der Waals surface area contributed by atoms with Crippen LogP contribution in [0.25, 0.3) is 6.08 Å². The van der Waals surface area contributed by atoms with E-state index in [4.69, 9.17) is 9.47 Å². The molecule has 0 saturated carbocycles. The molecule has 2 aromatic rings. The van der Waals surface area contributed by atoms with Gasteiger partial charge in [0.1, 0.15) is 22.9 Å². The fraction of sp³-hybridized carbons (Fsp3) is 0.0625. The van der Waals surface area contributed by atoms with Crippen LogP contribution in [0.15, 0.2) is 48.2 Å². The van der Waals surface area contributed by atoms with Gasteiger partial charge in [0.15, 0.2) is 5.76 Å². The molecule has 0 atom stereocenters. The Bertz CT molecular complexity index is 719. The Morgan fingerprint density at radius 2 is 2.00 bits per heavy atom. The fourth-order valence-corrected chi connectivity index (χ4v) is 2.12. The minimum absolute atomic E-state index is 0.162. The van der Waals surface area contributed by atoms with Crippen LogP contribution >= 0.6 is 0 Å². The molecule has 0 bridgehead atoms. The standard InChI is InChI=1S/C16H11FO3/c1-19-12-6-3-7-13-15(12)16(18)14(20-13)9-10-4-2-5-11(17)8-10/h2-9H,1H3/b14-9+. The number of hydrogen-bond acceptors (Lipinski definition) is 3. The van der Waals surface area contributed by atoms with Crippen molar-refractivity contribution in [1.29, 1.82) is 0 Å². The summed E-state index contributed by atoms with van der Waals surface area (Å²) in [7, 11) is 1.50. The first kappa shape index (κ1) is 12.4. The Balaban J connectivity index is 2.02. The summed E-state index contributed by atoms with van der Waals surface area (Å²) in [5.41, 5.74) is 0.970. The van der Waals surface area contributed by atoms with Crippen molar-refractivity contribution in [1.82, 2.24) is 0 Å². The second-order valence-electron chi connectivity index (χ2n) is 4.33. The van der Waals surface area contributed by atoms with E-state index in [1.54, 1.807) is 30.3 Å². The molecule has 0 radical (unpaired) electrons. The maximum absolute atomic E-state index is 13.1. The number of ketones is 1. The molecule has 0 aromatic heterocycles. The van der Waals surface area contributed by atoms with Gasteiger partial charge in [-0.2, -0.15) is 0 Å². The van der Waals surface area contributed by atoms with Crippen molar-refractivity contribution in [2.45, 2.75) is 0 Å². The van der Waals surface area contributed by atoms with Gasteiger partial charge < -0.3 is 9.47 Å². The lowest BCUT2D eigenvalue weighted by atomic mass is 10.1. The highest BCUT2D eigenvalue weighted by atomic mass is 19.1. The SMILES string of the molecule is COc1cccc2c1C(=O)/C(=C\c1cccc(F)c1)O2. The lowest BCUT2D eigenvalue weighted by molar-refractivity contribution is 0.101. The summed E-state index contributed by atoms with van der Waals surface area (Å²) in [6, 6.07) is 11.1. The average Bonchev–Trinajstić information content (AvgIpc) is 2.76. The highest BCUT2D eigenvalue weighted by Gasteiger charge is 2.30. The zero-order chi connectivity index (χ0) is 14.1. The van der Waals surface area contributed by atoms with E-state index in [-0.39, 0.29) is 17.4 Å². The molecule has 1 heterocycles. The molecule has 0 unspecified atom stereocenters. The van der Waals surface area contributed by atoms with E-state index in [2.05, 4.69) is 0 Å². The number of allylic oxidation sites excluding steroid dienone is 1. The molecule has 0 saturated heterocycles. The van der Waals surface area contributed by atoms with Gasteiger partial charge in [0, 0.05) is 0 Å². The van der Waals surface area contributed by atoms with E-state index in [1.165, 1.54) is 25.3 Å². The molecule has 3 nitrogen and oxygen atoms in total. The topological polar surface area (TPSA) is 35.5 Å². The maximum Gasteiger partial charge on any atom is 0.235 e. The predicted octanol–water partition coefficient (Wildman–Crippen LogP) is 3.45. The Morgan fingerprint density at radius 3 is 2.75 bits per heavy atom. The van der Waals surface area contributed by atoms with Crippen molar-refractivity contribution >= 4 is 11.9 Å². The van der Waals surface area contributed by atoms with Gasteiger partial charge in [-0.3, -0.25) is 4.79 Å². The van der Waals surface area contributed by atoms with E-state index in [9.17, 15) is 9.18 Å². The molecule has 0 fully saturated rings. The number of hydrogen-bond donors (Lipinski definition) is 0. The van der Waals surface area contributed by atoms with Gasteiger partial charge in [0.2, 0.25) is 5.78 Å². The summed E-state index contributed by atoms with van der Waals surface area (Å²) >= 11 is 0. The highest BCUT2D eigenvalue weighted by Crippen LogP contribution is 2.37. The molecule has 3 rings (SSSR count). The van der Waals surface area contributed by atoms with Gasteiger partial charge >= 0.3 is 0 Å². The van der Waals surface area contributed by atoms with Gasteiger partial charge in [-0.25, -0.2) is 4.39 Å². The second kappa shape index (κ2) is 4.81. The molecule has 20 heavy (non-hydrogen) atoms. The van der Waals surface area contributed by atoms with Gasteiger partial charge in [-0.1, -0.05) is 18.2 Å². The minimum atomic E-state index is -0.361. The molecule has 0 amide bonds. The van der Waals surface area contributed by atoms with Crippen molar-refractivity contribution in [2.75, 3.05) is 7.11 Å². The van der Waals surface area contributed by atoms with E-state index in [0.29, 0.717) is 22.6 Å². The summed E-state index contributed by atoms with van der Waals surface area (Å²) in [6.07, 6.45) is 1.52. The smallest absolute Gasteiger partial charge is 0.235 e. The molecule has 1 aliphatic heterocycles. The first-order valence-electron chi connectivity index (χ1n) is 6.06. The van der Waals surface area contributed by atoms with Crippen LogP contribution < -0.4 is 9.47 Å². The predicted molar refractivity (Wildman–Crippen MR) is 72.3 cm³/mol. The average molecular weight is 270 g/mol. The Morgan fingerprint density at radius 1 is 1.20 bits per heavy atom. The number of Topliss-reactive ketones (excluding diaryl/α,β-unsaturated/α-hetero) is 1. The highest BCUT2D eigenvalue weighted by molar-refractivity contribution is 6.16. The Hall–Kier alpha value is -2.62. The van der Waals surface area contributed by atoms with Gasteiger partial charge in [0.05, 0.1) is 7.11 Å². The number of halogens is 1. The maximum atomic E-state index is 13.1. The summed E-state index contributed by atoms with van der Waals surface area (Å²) in [4.78, 5) is 12.3. The van der Waals surface area contributed by atoms with Gasteiger partial charge in [0.25, 0.3) is 0 Å². The lowest BCUT2D eigenvalue weighted by Crippen LogP contribution is -2.00. The zero-order valence-electron chi connectivity index (χ0n) is 10.7. The number of fused-ring (bicyclic) bond motifs is 1. The molecule has 100 valence electrons. The van der Waals surface area contributed by atoms with Crippen molar-refractivity contribution in [3.8, 4) is 11.5 Å². The van der Waals surface area contributed by atoms with E-state index in [1.807, 2.05) is 0 Å². The molecule has 0 spiro atoms. The number of ether oxygens (including phenoxy) is 2.